The van der Waals surface area contributed by atoms with Crippen molar-refractivity contribution in [2.45, 2.75) is 51.7 Å². The predicted molar refractivity (Wildman–Crippen MR) is 67.1 cm³/mol. The van der Waals surface area contributed by atoms with Crippen molar-refractivity contribution in [3.8, 4) is 5.75 Å². The molecule has 92 valence electrons. The van der Waals surface area contributed by atoms with Gasteiger partial charge in [-0.25, -0.2) is 0 Å². The second-order valence-corrected chi connectivity index (χ2v) is 6.07. The molecule has 3 atom stereocenters. The van der Waals surface area contributed by atoms with Crippen molar-refractivity contribution in [3.63, 3.8) is 0 Å². The highest BCUT2D eigenvalue weighted by atomic mass is 16.6. The molecule has 1 aromatic rings. The van der Waals surface area contributed by atoms with E-state index in [4.69, 9.17) is 4.74 Å². The van der Waals surface area contributed by atoms with Crippen molar-refractivity contribution in [1.29, 1.82) is 0 Å². The molecule has 1 saturated carbocycles. The molecular weight excluding hydrogens is 212 g/mol. The van der Waals surface area contributed by atoms with Gasteiger partial charge < -0.3 is 9.84 Å². The molecule has 17 heavy (non-hydrogen) atoms. The highest BCUT2D eigenvalue weighted by Gasteiger charge is 2.58. The van der Waals surface area contributed by atoms with Gasteiger partial charge in [-0.2, -0.15) is 0 Å². The van der Waals surface area contributed by atoms with E-state index in [0.717, 1.165) is 18.6 Å². The fourth-order valence-corrected chi connectivity index (χ4v) is 3.64. The van der Waals surface area contributed by atoms with Gasteiger partial charge in [-0.1, -0.05) is 38.0 Å². The predicted octanol–water partition coefficient (Wildman–Crippen LogP) is 3.15. The van der Waals surface area contributed by atoms with Crippen LogP contribution in [0.1, 0.15) is 44.2 Å². The molecule has 2 heteroatoms. The number of hydrogen-bond donors (Lipinski definition) is 1. The van der Waals surface area contributed by atoms with Crippen LogP contribution in [-0.4, -0.2) is 11.4 Å². The van der Waals surface area contributed by atoms with Crippen LogP contribution in [0.2, 0.25) is 0 Å². The van der Waals surface area contributed by atoms with E-state index in [1.807, 2.05) is 12.1 Å². The van der Waals surface area contributed by atoms with E-state index in [-0.39, 0.29) is 10.8 Å². The summed E-state index contributed by atoms with van der Waals surface area (Å²) < 4.78 is 5.72. The number of fused-ring (bicyclic) bond motifs is 3. The lowest BCUT2D eigenvalue weighted by Gasteiger charge is -2.49. The van der Waals surface area contributed by atoms with Crippen LogP contribution in [-0.2, 0) is 5.41 Å². The molecule has 2 aliphatic rings. The number of aliphatic hydroxyl groups is 1. The summed E-state index contributed by atoms with van der Waals surface area (Å²) in [6.45, 7) is 6.56. The third-order valence-electron chi connectivity index (χ3n) is 5.15. The molecule has 0 spiro atoms. The van der Waals surface area contributed by atoms with Crippen LogP contribution in [0.25, 0.3) is 0 Å². The van der Waals surface area contributed by atoms with E-state index >= 15 is 0 Å². The molecule has 1 aliphatic heterocycles. The summed E-state index contributed by atoms with van der Waals surface area (Å²) in [5.41, 5.74) is 2.45. The average Bonchev–Trinajstić information content (AvgIpc) is 2.60. The van der Waals surface area contributed by atoms with E-state index in [2.05, 4.69) is 26.8 Å². The Hall–Kier alpha value is -1.02. The molecule has 0 amide bonds. The van der Waals surface area contributed by atoms with Crippen LogP contribution in [0.3, 0.4) is 0 Å². The van der Waals surface area contributed by atoms with E-state index in [1.165, 1.54) is 17.5 Å². The van der Waals surface area contributed by atoms with E-state index < -0.39 is 6.29 Å². The Morgan fingerprint density at radius 3 is 2.82 bits per heavy atom. The first-order valence-electron chi connectivity index (χ1n) is 6.43. The minimum Gasteiger partial charge on any atom is -0.464 e. The Bertz CT molecular complexity index is 468. The maximum Gasteiger partial charge on any atom is 0.203 e. The molecular formula is C15H20O2. The zero-order chi connectivity index (χ0) is 12.3. The molecule has 1 N–H and O–H groups in total. The topological polar surface area (TPSA) is 29.5 Å². The third kappa shape index (κ3) is 1.25. The van der Waals surface area contributed by atoms with Crippen LogP contribution in [0.5, 0.6) is 5.75 Å². The van der Waals surface area contributed by atoms with E-state index in [9.17, 15) is 5.11 Å². The van der Waals surface area contributed by atoms with Crippen LogP contribution in [0, 0.1) is 12.3 Å². The minimum absolute atomic E-state index is 0.0476. The van der Waals surface area contributed by atoms with Gasteiger partial charge in [0.25, 0.3) is 0 Å². The van der Waals surface area contributed by atoms with Crippen molar-refractivity contribution in [2.75, 3.05) is 0 Å². The number of rotatable bonds is 0. The van der Waals surface area contributed by atoms with Gasteiger partial charge in [-0.3, -0.25) is 0 Å². The molecule has 1 aromatic carbocycles. The zero-order valence-electron chi connectivity index (χ0n) is 10.8. The summed E-state index contributed by atoms with van der Waals surface area (Å²) in [7, 11) is 0. The van der Waals surface area contributed by atoms with Crippen LogP contribution in [0.4, 0.5) is 0 Å². The maximum atomic E-state index is 10.3. The summed E-state index contributed by atoms with van der Waals surface area (Å²) >= 11 is 0. The first-order valence-corrected chi connectivity index (χ1v) is 6.43. The Kier molecular flexibility index (Phi) is 2.13. The van der Waals surface area contributed by atoms with Gasteiger partial charge in [0.15, 0.2) is 0 Å². The van der Waals surface area contributed by atoms with Gasteiger partial charge in [0.05, 0.1) is 0 Å². The molecule has 1 heterocycles. The number of benzene rings is 1. The fraction of sp³-hybridized carbons (Fsp3) is 0.600. The second kappa shape index (κ2) is 3.26. The monoisotopic (exact) mass is 232 g/mol. The third-order valence-corrected chi connectivity index (χ3v) is 5.15. The first-order chi connectivity index (χ1) is 7.97. The summed E-state index contributed by atoms with van der Waals surface area (Å²) in [4.78, 5) is 0. The Morgan fingerprint density at radius 2 is 2.06 bits per heavy atom. The molecule has 0 unspecified atom stereocenters. The van der Waals surface area contributed by atoms with Crippen LogP contribution in [0.15, 0.2) is 18.2 Å². The normalized spacial score (nSPS) is 39.4. The lowest BCUT2D eigenvalue weighted by Crippen LogP contribution is -2.51. The molecule has 1 aliphatic carbocycles. The molecule has 0 saturated heterocycles. The average molecular weight is 232 g/mol. The van der Waals surface area contributed by atoms with Gasteiger partial charge in [0.1, 0.15) is 5.75 Å². The van der Waals surface area contributed by atoms with E-state index in [0.29, 0.717) is 0 Å². The summed E-state index contributed by atoms with van der Waals surface area (Å²) in [6, 6.07) is 6.27. The van der Waals surface area contributed by atoms with Gasteiger partial charge >= 0.3 is 0 Å². The summed E-state index contributed by atoms with van der Waals surface area (Å²) in [5, 5.41) is 10.3. The SMILES string of the molecule is Cc1ccc2c(c1)[C@]1(C)CCC[C@@]1(C)[C@@H](O)O2. The Balaban J connectivity index is 2.23. The lowest BCUT2D eigenvalue weighted by atomic mass is 9.62. The molecule has 3 rings (SSSR count). The van der Waals surface area contributed by atoms with Gasteiger partial charge in [-0.05, 0) is 25.8 Å². The van der Waals surface area contributed by atoms with E-state index in [1.54, 1.807) is 0 Å². The molecule has 0 aromatic heterocycles. The fourth-order valence-electron chi connectivity index (χ4n) is 3.64. The van der Waals surface area contributed by atoms with Crippen molar-refractivity contribution in [1.82, 2.24) is 0 Å². The highest BCUT2D eigenvalue weighted by molar-refractivity contribution is 5.46. The summed E-state index contributed by atoms with van der Waals surface area (Å²) in [5.74, 6) is 0.866. The largest absolute Gasteiger partial charge is 0.464 e. The molecule has 0 radical (unpaired) electrons. The number of hydrogen-bond acceptors (Lipinski definition) is 2. The number of aliphatic hydroxyl groups excluding tert-OH is 1. The number of aryl methyl sites for hydroxylation is 1. The van der Waals surface area contributed by atoms with Gasteiger partial charge in [-0.15, -0.1) is 0 Å². The van der Waals surface area contributed by atoms with Crippen molar-refractivity contribution in [3.05, 3.63) is 29.3 Å². The standard InChI is InChI=1S/C15H20O2/c1-10-5-6-12-11(9-10)14(2)7-4-8-15(14,3)13(16)17-12/h5-6,9,13,16H,4,7-8H2,1-3H3/t13-,14-,15-/m0/s1. The highest BCUT2D eigenvalue weighted by Crippen LogP contribution is 2.60. The second-order valence-electron chi connectivity index (χ2n) is 6.07. The smallest absolute Gasteiger partial charge is 0.203 e. The molecule has 1 fully saturated rings. The minimum atomic E-state index is -0.676. The molecule has 0 bridgehead atoms. The number of ether oxygens (including phenoxy) is 1. The lowest BCUT2D eigenvalue weighted by molar-refractivity contribution is -0.144. The van der Waals surface area contributed by atoms with Crippen molar-refractivity contribution >= 4 is 0 Å². The van der Waals surface area contributed by atoms with Crippen LogP contribution >= 0.6 is 0 Å². The first kappa shape index (κ1) is 11.1. The van der Waals surface area contributed by atoms with Gasteiger partial charge in [0.2, 0.25) is 6.29 Å². The Labute approximate surface area is 103 Å². The Morgan fingerprint density at radius 1 is 1.29 bits per heavy atom. The van der Waals surface area contributed by atoms with Crippen molar-refractivity contribution in [2.24, 2.45) is 5.41 Å². The zero-order valence-corrected chi connectivity index (χ0v) is 10.8. The van der Waals surface area contributed by atoms with Gasteiger partial charge in [0, 0.05) is 16.4 Å². The van der Waals surface area contributed by atoms with Crippen molar-refractivity contribution < 1.29 is 9.84 Å². The summed E-state index contributed by atoms with van der Waals surface area (Å²) in [6.07, 6.45) is 2.67. The quantitative estimate of drug-likeness (QED) is 0.744. The molecule has 2 nitrogen and oxygen atoms in total. The van der Waals surface area contributed by atoms with Crippen LogP contribution < -0.4 is 4.74 Å². The maximum absolute atomic E-state index is 10.3.